The van der Waals surface area contributed by atoms with E-state index >= 15 is 0 Å². The number of hydrogen-bond acceptors (Lipinski definition) is 3. The summed E-state index contributed by atoms with van der Waals surface area (Å²) < 4.78 is 52.2. The Morgan fingerprint density at radius 2 is 1.79 bits per heavy atom. The highest BCUT2D eigenvalue weighted by Gasteiger charge is 2.35. The average molecular weight is 381 g/mol. The first kappa shape index (κ1) is 19.2. The summed E-state index contributed by atoms with van der Waals surface area (Å²) >= 11 is 1.52. The van der Waals surface area contributed by atoms with Crippen LogP contribution in [0.1, 0.15) is 22.7 Å². The molecule has 1 saturated heterocycles. The van der Waals surface area contributed by atoms with Gasteiger partial charge in [-0.15, -0.1) is 12.4 Å². The number of benzene rings is 1. The Hall–Kier alpha value is -1.15. The monoisotopic (exact) mass is 380 g/mol. The molecule has 0 spiro atoms. The molecule has 8 heteroatoms. The summed E-state index contributed by atoms with van der Waals surface area (Å²) in [5.74, 6) is -1.22. The largest absolute Gasteiger partial charge is 0.419 e. The van der Waals surface area contributed by atoms with Crippen molar-refractivity contribution in [2.24, 2.45) is 0 Å². The van der Waals surface area contributed by atoms with Crippen LogP contribution in [0.4, 0.5) is 17.6 Å². The second-order valence-corrected chi connectivity index (χ2v) is 6.26. The Kier molecular flexibility index (Phi) is 6.25. The lowest BCUT2D eigenvalue weighted by atomic mass is 9.97. The highest BCUT2D eigenvalue weighted by Crippen LogP contribution is 2.35. The average Bonchev–Trinajstić information content (AvgIpc) is 3.01. The normalized spacial score (nSPS) is 17.3. The van der Waals surface area contributed by atoms with E-state index in [0.29, 0.717) is 5.56 Å². The van der Waals surface area contributed by atoms with Crippen LogP contribution < -0.4 is 5.32 Å². The van der Waals surface area contributed by atoms with Gasteiger partial charge in [0.15, 0.2) is 0 Å². The zero-order valence-electron chi connectivity index (χ0n) is 12.6. The van der Waals surface area contributed by atoms with Crippen LogP contribution in [0.15, 0.2) is 35.0 Å². The summed E-state index contributed by atoms with van der Waals surface area (Å²) in [5, 5.41) is 7.13. The molecule has 132 valence electrons. The van der Waals surface area contributed by atoms with Gasteiger partial charge >= 0.3 is 6.18 Å². The SMILES string of the molecule is Cl.Fc1cc([C@@H](c2ccsc2)N2CCNCC2)ccc1C(F)(F)F. The maximum atomic E-state index is 14.0. The minimum absolute atomic E-state index is 0. The van der Waals surface area contributed by atoms with Crippen LogP contribution in [0.5, 0.6) is 0 Å². The molecule has 24 heavy (non-hydrogen) atoms. The van der Waals surface area contributed by atoms with Crippen molar-refractivity contribution >= 4 is 23.7 Å². The maximum Gasteiger partial charge on any atom is 0.419 e. The van der Waals surface area contributed by atoms with Crippen LogP contribution in [0.25, 0.3) is 0 Å². The second-order valence-electron chi connectivity index (χ2n) is 5.48. The minimum atomic E-state index is -4.67. The highest BCUT2D eigenvalue weighted by molar-refractivity contribution is 7.08. The van der Waals surface area contributed by atoms with Gasteiger partial charge in [0.25, 0.3) is 0 Å². The molecular weight excluding hydrogens is 364 g/mol. The fraction of sp³-hybridized carbons (Fsp3) is 0.375. The molecule has 1 aromatic carbocycles. The molecule has 0 saturated carbocycles. The first-order chi connectivity index (χ1) is 11.0. The van der Waals surface area contributed by atoms with Gasteiger partial charge in [0, 0.05) is 26.2 Å². The van der Waals surface area contributed by atoms with Crippen molar-refractivity contribution in [3.63, 3.8) is 0 Å². The molecule has 2 aromatic rings. The van der Waals surface area contributed by atoms with E-state index in [1.807, 2.05) is 16.8 Å². The molecule has 2 heterocycles. The zero-order chi connectivity index (χ0) is 16.4. The third-order valence-electron chi connectivity index (χ3n) is 3.99. The summed E-state index contributed by atoms with van der Waals surface area (Å²) in [6, 6.07) is 4.96. The molecule has 0 radical (unpaired) electrons. The highest BCUT2D eigenvalue weighted by atomic mass is 35.5. The quantitative estimate of drug-likeness (QED) is 0.798. The van der Waals surface area contributed by atoms with Crippen molar-refractivity contribution in [3.8, 4) is 0 Å². The van der Waals surface area contributed by atoms with E-state index in [0.717, 1.165) is 43.9 Å². The number of alkyl halides is 3. The van der Waals surface area contributed by atoms with Crippen LogP contribution in [0.2, 0.25) is 0 Å². The predicted octanol–water partition coefficient (Wildman–Crippen LogP) is 4.32. The van der Waals surface area contributed by atoms with Crippen molar-refractivity contribution < 1.29 is 17.6 Å². The number of piperazine rings is 1. The van der Waals surface area contributed by atoms with Crippen molar-refractivity contribution in [1.82, 2.24) is 10.2 Å². The Balaban J connectivity index is 0.00000208. The summed E-state index contributed by atoms with van der Waals surface area (Å²) in [6.07, 6.45) is -4.67. The Morgan fingerprint density at radius 3 is 2.33 bits per heavy atom. The number of thiophene rings is 1. The standard InChI is InChI=1S/C16H16F4N2S.ClH/c17-14-9-11(1-2-13(14)16(18,19)20)15(12-3-8-23-10-12)22-6-4-21-5-7-22;/h1-3,8-10,15,21H,4-7H2;1H/t15-;/m0./s1. The van der Waals surface area contributed by atoms with Gasteiger partial charge in [-0.1, -0.05) is 6.07 Å². The zero-order valence-corrected chi connectivity index (χ0v) is 14.3. The molecule has 1 aliphatic rings. The van der Waals surface area contributed by atoms with Crippen LogP contribution in [0, 0.1) is 5.82 Å². The van der Waals surface area contributed by atoms with Gasteiger partial charge in [-0.3, -0.25) is 4.90 Å². The van der Waals surface area contributed by atoms with Gasteiger partial charge in [-0.05, 0) is 40.1 Å². The molecule has 1 atom stereocenters. The number of nitrogens with one attached hydrogen (secondary N) is 1. The van der Waals surface area contributed by atoms with E-state index in [4.69, 9.17) is 0 Å². The van der Waals surface area contributed by atoms with Gasteiger partial charge < -0.3 is 5.32 Å². The molecule has 3 rings (SSSR count). The molecule has 0 amide bonds. The maximum absolute atomic E-state index is 14.0. The molecule has 1 aliphatic heterocycles. The first-order valence-electron chi connectivity index (χ1n) is 7.30. The van der Waals surface area contributed by atoms with Crippen LogP contribution in [0.3, 0.4) is 0 Å². The smallest absolute Gasteiger partial charge is 0.314 e. The number of nitrogens with zero attached hydrogens (tertiary/aromatic N) is 1. The summed E-state index contributed by atoms with van der Waals surface area (Å²) in [5.41, 5.74) is 0.317. The second kappa shape index (κ2) is 7.82. The van der Waals surface area contributed by atoms with Crippen molar-refractivity contribution in [2.45, 2.75) is 12.2 Å². The Morgan fingerprint density at radius 1 is 1.08 bits per heavy atom. The third kappa shape index (κ3) is 4.08. The van der Waals surface area contributed by atoms with Gasteiger partial charge in [0.2, 0.25) is 0 Å². The van der Waals surface area contributed by atoms with Gasteiger partial charge in [-0.25, -0.2) is 4.39 Å². The van der Waals surface area contributed by atoms with Gasteiger partial charge in [0.1, 0.15) is 5.82 Å². The van der Waals surface area contributed by atoms with E-state index in [1.165, 1.54) is 17.4 Å². The Labute approximate surface area is 147 Å². The van der Waals surface area contributed by atoms with Crippen LogP contribution in [-0.4, -0.2) is 31.1 Å². The molecule has 0 bridgehead atoms. The molecule has 0 unspecified atom stereocenters. The number of halogens is 5. The van der Waals surface area contributed by atoms with E-state index < -0.39 is 17.6 Å². The predicted molar refractivity (Wildman–Crippen MR) is 89.3 cm³/mol. The van der Waals surface area contributed by atoms with E-state index in [-0.39, 0.29) is 18.4 Å². The third-order valence-corrected chi connectivity index (χ3v) is 4.69. The van der Waals surface area contributed by atoms with Gasteiger partial charge in [0.05, 0.1) is 11.6 Å². The lowest BCUT2D eigenvalue weighted by molar-refractivity contribution is -0.140. The topological polar surface area (TPSA) is 15.3 Å². The molecule has 1 N–H and O–H groups in total. The summed E-state index contributed by atoms with van der Waals surface area (Å²) in [4.78, 5) is 2.17. The Bertz CT molecular complexity index is 655. The molecule has 1 fully saturated rings. The fourth-order valence-corrected chi connectivity index (χ4v) is 3.60. The lowest BCUT2D eigenvalue weighted by Gasteiger charge is -2.35. The van der Waals surface area contributed by atoms with E-state index in [9.17, 15) is 17.6 Å². The molecule has 2 nitrogen and oxygen atoms in total. The fourth-order valence-electron chi connectivity index (χ4n) is 2.92. The van der Waals surface area contributed by atoms with Crippen molar-refractivity contribution in [1.29, 1.82) is 0 Å². The lowest BCUT2D eigenvalue weighted by Crippen LogP contribution is -2.45. The molecular formula is C16H17ClF4N2S. The van der Waals surface area contributed by atoms with E-state index in [1.54, 1.807) is 0 Å². The molecule has 1 aromatic heterocycles. The summed E-state index contributed by atoms with van der Waals surface area (Å²) in [6.45, 7) is 3.15. The van der Waals surface area contributed by atoms with Crippen LogP contribution >= 0.6 is 23.7 Å². The number of hydrogen-bond donors (Lipinski definition) is 1. The van der Waals surface area contributed by atoms with Crippen LogP contribution in [-0.2, 0) is 6.18 Å². The van der Waals surface area contributed by atoms with Crippen molar-refractivity contribution in [2.75, 3.05) is 26.2 Å². The first-order valence-corrected chi connectivity index (χ1v) is 8.24. The van der Waals surface area contributed by atoms with E-state index in [2.05, 4.69) is 10.2 Å². The van der Waals surface area contributed by atoms with Crippen molar-refractivity contribution in [3.05, 3.63) is 57.5 Å². The summed E-state index contributed by atoms with van der Waals surface area (Å²) in [7, 11) is 0. The number of rotatable bonds is 3. The molecule has 0 aliphatic carbocycles. The van der Waals surface area contributed by atoms with Gasteiger partial charge in [-0.2, -0.15) is 24.5 Å². The minimum Gasteiger partial charge on any atom is -0.314 e.